The molecule has 0 aliphatic carbocycles. The van der Waals surface area contributed by atoms with Crippen LogP contribution in [0.15, 0.2) is 85.2 Å². The van der Waals surface area contributed by atoms with E-state index in [-0.39, 0.29) is 17.0 Å². The Kier molecular flexibility index (Phi) is 18.5. The molecular formula is C54H62ClF6N9O8. The number of nitrogens with zero attached hydrogens (tertiary/aromatic N) is 5. The van der Waals surface area contributed by atoms with Crippen molar-refractivity contribution in [1.82, 2.24) is 41.3 Å². The summed E-state index contributed by atoms with van der Waals surface area (Å²) in [7, 11) is 1.96. The van der Waals surface area contributed by atoms with Gasteiger partial charge in [-0.2, -0.15) is 26.3 Å². The summed E-state index contributed by atoms with van der Waals surface area (Å²) in [6.07, 6.45) is -12.1. The van der Waals surface area contributed by atoms with Crippen molar-refractivity contribution in [3.05, 3.63) is 112 Å². The molecule has 17 nitrogen and oxygen atoms in total. The minimum Gasteiger partial charge on any atom is -0.453 e. The first-order valence-corrected chi connectivity index (χ1v) is 25.4. The highest BCUT2D eigenvalue weighted by Gasteiger charge is 2.58. The van der Waals surface area contributed by atoms with Crippen LogP contribution in [0.2, 0.25) is 5.02 Å². The van der Waals surface area contributed by atoms with Gasteiger partial charge in [0.25, 0.3) is 5.91 Å². The number of piperazine rings is 1. The number of fused-ring (bicyclic) bond motifs is 2. The van der Waals surface area contributed by atoms with Crippen LogP contribution >= 0.6 is 11.6 Å². The van der Waals surface area contributed by atoms with Crippen molar-refractivity contribution in [1.29, 1.82) is 0 Å². The van der Waals surface area contributed by atoms with E-state index >= 15 is 0 Å². The van der Waals surface area contributed by atoms with Crippen LogP contribution < -0.4 is 26.3 Å². The Morgan fingerprint density at radius 2 is 1.49 bits per heavy atom. The Morgan fingerprint density at radius 1 is 0.833 bits per heavy atom. The fourth-order valence-electron chi connectivity index (χ4n) is 9.48. The third kappa shape index (κ3) is 13.9. The van der Waals surface area contributed by atoms with Gasteiger partial charge < -0.3 is 40.2 Å². The summed E-state index contributed by atoms with van der Waals surface area (Å²) in [5.74, 6) is 4.15. The number of anilines is 1. The maximum atomic E-state index is 14.6. The van der Waals surface area contributed by atoms with Gasteiger partial charge in [0, 0.05) is 79.4 Å². The van der Waals surface area contributed by atoms with E-state index < -0.39 is 84.6 Å². The number of ether oxygens (including phenoxy) is 3. The number of nitrogens with one attached hydrogen (secondary N) is 4. The van der Waals surface area contributed by atoms with Gasteiger partial charge in [-0.1, -0.05) is 53.8 Å². The number of hydrazine groups is 1. The molecule has 6 atom stereocenters. The Hall–Kier alpha value is -6.71. The van der Waals surface area contributed by atoms with Crippen molar-refractivity contribution in [3.63, 3.8) is 0 Å². The van der Waals surface area contributed by atoms with Gasteiger partial charge in [0.15, 0.2) is 6.10 Å². The van der Waals surface area contributed by atoms with Gasteiger partial charge in [0.2, 0.25) is 5.91 Å². The first kappa shape index (κ1) is 59.0. The summed E-state index contributed by atoms with van der Waals surface area (Å²) in [4.78, 5) is 67.0. The molecule has 0 unspecified atom stereocenters. The van der Waals surface area contributed by atoms with E-state index in [1.165, 1.54) is 6.07 Å². The molecule has 3 aliphatic rings. The van der Waals surface area contributed by atoms with Crippen LogP contribution in [-0.4, -0.2) is 151 Å². The molecule has 78 heavy (non-hydrogen) atoms. The number of pyridine rings is 2. The predicted molar refractivity (Wildman–Crippen MR) is 275 cm³/mol. The molecule has 5 heterocycles. The van der Waals surface area contributed by atoms with Gasteiger partial charge in [-0.3, -0.25) is 24.9 Å². The van der Waals surface area contributed by atoms with E-state index in [1.807, 2.05) is 22.8 Å². The molecule has 4 aromatic rings. The monoisotopic (exact) mass is 1110 g/mol. The van der Waals surface area contributed by atoms with Crippen molar-refractivity contribution in [2.24, 2.45) is 10.8 Å². The van der Waals surface area contributed by atoms with Crippen molar-refractivity contribution in [3.8, 4) is 23.1 Å². The average molecular weight is 1110 g/mol. The lowest BCUT2D eigenvalue weighted by molar-refractivity contribution is -0.239. The summed E-state index contributed by atoms with van der Waals surface area (Å²) in [6.45, 7) is 4.75. The molecule has 3 saturated heterocycles. The van der Waals surface area contributed by atoms with E-state index in [2.05, 4.69) is 42.1 Å². The zero-order valence-corrected chi connectivity index (χ0v) is 44.4. The molecule has 0 radical (unpaired) electrons. The number of halogens is 7. The number of rotatable bonds is 18. The number of aliphatic hydroxyl groups excluding tert-OH is 1. The molecule has 4 amide bonds. The zero-order valence-electron chi connectivity index (χ0n) is 43.7. The van der Waals surface area contributed by atoms with Crippen LogP contribution in [0, 0.1) is 22.7 Å². The molecular weight excluding hydrogens is 1050 g/mol. The third-order valence-corrected chi connectivity index (χ3v) is 14.8. The highest BCUT2D eigenvalue weighted by atomic mass is 35.5. The average Bonchev–Trinajstić information content (AvgIpc) is 3.66. The standard InChI is InChI=1S/C54H62ClF6N9O8/c1-51(2,53(56,57)58)45(66-50(75)76-6)47(72)65-42(23-33-13-10-32(11-14-33)12-15-34-16-21-44(64-25-34)68-27-37-19-20-38(28-68)70(37)39-30-77-31-39)43(71)29-69(26-36-18-17-35(24-40(36)55)41-9-7-8-22-63-41)67-48(73)46(78-49(74)62-5)52(3,4)54(59,60)61/h7-11,13-14,16-18,21-22,24-25,37-39,42-43,45-46,71H,19-20,23,26-31H2,1-6H3,(H,62,74)(H,65,72)(H,66,75)(H,67,73)/t37-,38-,42-,43-,45+,46+/m0/s1. The molecule has 2 aromatic heterocycles. The number of carbonyl (C=O) groups excluding carboxylic acids is 4. The van der Waals surface area contributed by atoms with Gasteiger partial charge in [0.1, 0.15) is 17.3 Å². The molecule has 24 heteroatoms. The largest absolute Gasteiger partial charge is 0.453 e. The molecule has 3 aliphatic heterocycles. The number of hydrogen-bond acceptors (Lipinski definition) is 13. The van der Waals surface area contributed by atoms with Gasteiger partial charge in [-0.15, -0.1) is 0 Å². The van der Waals surface area contributed by atoms with Gasteiger partial charge in [0.05, 0.1) is 49.6 Å². The van der Waals surface area contributed by atoms with Crippen molar-refractivity contribution in [2.75, 3.05) is 51.9 Å². The van der Waals surface area contributed by atoms with E-state index in [4.69, 9.17) is 26.1 Å². The summed E-state index contributed by atoms with van der Waals surface area (Å²) in [6, 6.07) is 17.7. The van der Waals surface area contributed by atoms with Gasteiger partial charge >= 0.3 is 24.5 Å². The van der Waals surface area contributed by atoms with E-state index in [0.29, 0.717) is 73.8 Å². The lowest BCUT2D eigenvalue weighted by Gasteiger charge is -2.47. The van der Waals surface area contributed by atoms with Crippen LogP contribution in [0.3, 0.4) is 0 Å². The fraction of sp³-hybridized carbons (Fsp3) is 0.481. The van der Waals surface area contributed by atoms with E-state index in [9.17, 15) is 50.6 Å². The quantitative estimate of drug-likeness (QED) is 0.0397. The summed E-state index contributed by atoms with van der Waals surface area (Å²) < 4.78 is 102. The second kappa shape index (κ2) is 24.5. The van der Waals surface area contributed by atoms with Crippen molar-refractivity contribution in [2.45, 2.75) is 108 Å². The lowest BCUT2D eigenvalue weighted by Crippen LogP contribution is -2.62. The second-order valence-corrected chi connectivity index (χ2v) is 21.0. The summed E-state index contributed by atoms with van der Waals surface area (Å²) >= 11 is 6.75. The Morgan fingerprint density at radius 3 is 2.04 bits per heavy atom. The van der Waals surface area contributed by atoms with Crippen LogP contribution in [-0.2, 0) is 36.8 Å². The van der Waals surface area contributed by atoms with Crippen LogP contribution in [0.5, 0.6) is 0 Å². The molecule has 0 saturated carbocycles. The molecule has 0 spiro atoms. The number of benzene rings is 2. The Labute approximate surface area is 452 Å². The highest BCUT2D eigenvalue weighted by Crippen LogP contribution is 2.43. The molecule has 2 aromatic carbocycles. The first-order chi connectivity index (χ1) is 36.8. The SMILES string of the molecule is CNC(=O)O[C@H](C(=O)NN(Cc1ccc(-c2ccccn2)cc1Cl)C[C@H](O)[C@H](Cc1ccc(C#Cc2ccc(N3C[C@@H]4CC[C@@H](C3)N4C3COC3)nc2)cc1)NC(=O)[C@@H](NC(=O)OC)C(C)(C)C(F)(F)F)C(C)(C)C(F)(F)F. The number of amides is 4. The topological polar surface area (TPSA) is 200 Å². The van der Waals surface area contributed by atoms with Gasteiger partial charge in [-0.05, 0) is 101 Å². The minimum absolute atomic E-state index is 0.0872. The lowest BCUT2D eigenvalue weighted by atomic mass is 9.82. The predicted octanol–water partition coefficient (Wildman–Crippen LogP) is 6.80. The summed E-state index contributed by atoms with van der Waals surface area (Å²) in [5.41, 5.74) is -0.652. The first-order valence-electron chi connectivity index (χ1n) is 25.1. The number of hydrogen-bond donors (Lipinski definition) is 5. The normalized spacial score (nSPS) is 18.6. The smallest absolute Gasteiger partial charge is 0.407 e. The Balaban J connectivity index is 1.16. The van der Waals surface area contributed by atoms with Crippen LogP contribution in [0.4, 0.5) is 41.7 Å². The molecule has 420 valence electrons. The maximum Gasteiger partial charge on any atom is 0.407 e. The fourth-order valence-corrected chi connectivity index (χ4v) is 9.72. The zero-order chi connectivity index (χ0) is 56.7. The van der Waals surface area contributed by atoms with Crippen molar-refractivity contribution < 1.29 is 64.8 Å². The Bertz CT molecular complexity index is 2800. The molecule has 7 rings (SSSR count). The molecule has 5 N–H and O–H groups in total. The number of alkyl carbamates (subject to hydrolysis) is 2. The number of aliphatic hydroxyl groups is 1. The van der Waals surface area contributed by atoms with Crippen LogP contribution in [0.25, 0.3) is 11.3 Å². The number of methoxy groups -OCH3 is 1. The molecule has 3 fully saturated rings. The summed E-state index contributed by atoms with van der Waals surface area (Å²) in [5, 5.41) is 19.6. The van der Waals surface area contributed by atoms with Crippen molar-refractivity contribution >= 4 is 41.4 Å². The number of carbonyl (C=O) groups is 4. The second-order valence-electron chi connectivity index (χ2n) is 20.6. The van der Waals surface area contributed by atoms with Gasteiger partial charge in [-0.25, -0.2) is 19.6 Å². The molecule has 2 bridgehead atoms. The van der Waals surface area contributed by atoms with E-state index in [1.54, 1.807) is 67.0 Å². The minimum atomic E-state index is -5.11. The van der Waals surface area contributed by atoms with E-state index in [0.717, 1.165) is 64.1 Å². The number of alkyl halides is 6. The maximum absolute atomic E-state index is 14.6. The number of aromatic nitrogens is 2. The van der Waals surface area contributed by atoms with Crippen LogP contribution in [0.1, 0.15) is 62.8 Å². The highest BCUT2D eigenvalue weighted by molar-refractivity contribution is 6.31. The third-order valence-electron chi connectivity index (χ3n) is 14.5.